The van der Waals surface area contributed by atoms with E-state index in [9.17, 15) is 9.59 Å². The van der Waals surface area contributed by atoms with Gasteiger partial charge in [0, 0.05) is 11.1 Å². The van der Waals surface area contributed by atoms with E-state index in [1.54, 1.807) is 30.3 Å². The molecule has 0 fully saturated rings. The van der Waals surface area contributed by atoms with Crippen molar-refractivity contribution < 1.29 is 14.3 Å². The average Bonchev–Trinajstić information content (AvgIpc) is 2.47. The highest BCUT2D eigenvalue weighted by atomic mass is 16.5. The number of hydrogen-bond acceptors (Lipinski definition) is 3. The molecule has 0 saturated carbocycles. The molecule has 0 aliphatic heterocycles. The normalized spacial score (nSPS) is 10.0. The van der Waals surface area contributed by atoms with Gasteiger partial charge >= 0.3 is 0 Å². The van der Waals surface area contributed by atoms with Crippen LogP contribution in [0.1, 0.15) is 26.3 Å². The summed E-state index contributed by atoms with van der Waals surface area (Å²) in [5, 5.41) is 2.73. The van der Waals surface area contributed by atoms with Gasteiger partial charge in [-0.25, -0.2) is 0 Å². The van der Waals surface area contributed by atoms with Gasteiger partial charge in [0.15, 0.2) is 0 Å². The fraction of sp³-hybridized carbons (Fsp3) is 0.125. The van der Waals surface area contributed by atoms with Gasteiger partial charge in [-0.2, -0.15) is 0 Å². The Hall–Kier alpha value is -2.82. The van der Waals surface area contributed by atoms with E-state index in [-0.39, 0.29) is 5.91 Å². The number of nitrogens with one attached hydrogen (secondary N) is 1. The van der Waals surface area contributed by atoms with Crippen LogP contribution >= 0.6 is 0 Å². The van der Waals surface area contributed by atoms with Crippen LogP contribution in [0.25, 0.3) is 0 Å². The lowest BCUT2D eigenvalue weighted by atomic mass is 10.1. The van der Waals surface area contributed by atoms with Crippen LogP contribution in [0, 0.1) is 6.92 Å². The van der Waals surface area contributed by atoms with Crippen molar-refractivity contribution in [2.45, 2.75) is 6.92 Å². The molecule has 0 aliphatic rings. The van der Waals surface area contributed by atoms with Gasteiger partial charge < -0.3 is 15.8 Å². The molecule has 0 aromatic heterocycles. The van der Waals surface area contributed by atoms with Gasteiger partial charge in [0.05, 0.1) is 12.8 Å². The van der Waals surface area contributed by atoms with Gasteiger partial charge in [-0.3, -0.25) is 9.59 Å². The second-order valence-electron chi connectivity index (χ2n) is 4.60. The molecule has 0 bridgehead atoms. The van der Waals surface area contributed by atoms with Crippen LogP contribution in [0.2, 0.25) is 0 Å². The highest BCUT2D eigenvalue weighted by molar-refractivity contribution is 6.06. The third kappa shape index (κ3) is 3.39. The van der Waals surface area contributed by atoms with Crippen molar-refractivity contribution in [3.63, 3.8) is 0 Å². The quantitative estimate of drug-likeness (QED) is 0.904. The van der Waals surface area contributed by atoms with Gasteiger partial charge in [-0.05, 0) is 37.3 Å². The van der Waals surface area contributed by atoms with Crippen molar-refractivity contribution in [3.05, 3.63) is 59.2 Å². The topological polar surface area (TPSA) is 81.4 Å². The third-order valence-corrected chi connectivity index (χ3v) is 3.01. The average molecular weight is 284 g/mol. The van der Waals surface area contributed by atoms with Crippen LogP contribution in [-0.2, 0) is 0 Å². The molecule has 0 heterocycles. The Balaban J connectivity index is 2.31. The molecule has 0 atom stereocenters. The van der Waals surface area contributed by atoms with Crippen LogP contribution in [0.4, 0.5) is 5.69 Å². The summed E-state index contributed by atoms with van der Waals surface area (Å²) >= 11 is 0. The molecule has 0 saturated heterocycles. The summed E-state index contributed by atoms with van der Waals surface area (Å²) in [6.45, 7) is 1.91. The van der Waals surface area contributed by atoms with Crippen LogP contribution in [0.3, 0.4) is 0 Å². The first kappa shape index (κ1) is 14.6. The number of rotatable bonds is 4. The predicted molar refractivity (Wildman–Crippen MR) is 80.6 cm³/mol. The summed E-state index contributed by atoms with van der Waals surface area (Å²) < 4.78 is 5.17. The minimum atomic E-state index is -0.566. The summed E-state index contributed by atoms with van der Waals surface area (Å²) in [5.74, 6) is -0.386. The fourth-order valence-electron chi connectivity index (χ4n) is 1.94. The highest BCUT2D eigenvalue weighted by Gasteiger charge is 2.12. The monoisotopic (exact) mass is 284 g/mol. The van der Waals surface area contributed by atoms with Crippen LogP contribution in [0.15, 0.2) is 42.5 Å². The molecule has 5 nitrogen and oxygen atoms in total. The first-order valence-corrected chi connectivity index (χ1v) is 6.37. The number of ether oxygens (including phenoxy) is 1. The zero-order valence-electron chi connectivity index (χ0n) is 11.8. The first-order chi connectivity index (χ1) is 10.0. The summed E-state index contributed by atoms with van der Waals surface area (Å²) in [7, 11) is 1.49. The number of aryl methyl sites for hydroxylation is 1. The minimum absolute atomic E-state index is 0.279. The van der Waals surface area contributed by atoms with E-state index in [1.165, 1.54) is 13.2 Å². The Labute approximate surface area is 122 Å². The molecule has 108 valence electrons. The standard InChI is InChI=1S/C16H16N2O3/c1-10-4-3-5-12(8-10)16(20)18-13-9-11(15(17)19)6-7-14(13)21-2/h3-9H,1-2H3,(H2,17,19)(H,18,20). The zero-order chi connectivity index (χ0) is 15.4. The molecule has 5 heteroatoms. The number of anilines is 1. The Morgan fingerprint density at radius 3 is 2.48 bits per heavy atom. The van der Waals surface area contributed by atoms with E-state index in [2.05, 4.69) is 5.32 Å². The maximum Gasteiger partial charge on any atom is 0.255 e. The molecule has 2 amide bonds. The van der Waals surface area contributed by atoms with E-state index in [4.69, 9.17) is 10.5 Å². The van der Waals surface area contributed by atoms with Crippen molar-refractivity contribution in [2.24, 2.45) is 5.73 Å². The second kappa shape index (κ2) is 6.09. The van der Waals surface area contributed by atoms with Crippen molar-refractivity contribution in [1.82, 2.24) is 0 Å². The van der Waals surface area contributed by atoms with Crippen molar-refractivity contribution in [1.29, 1.82) is 0 Å². The molecule has 21 heavy (non-hydrogen) atoms. The van der Waals surface area contributed by atoms with E-state index < -0.39 is 5.91 Å². The van der Waals surface area contributed by atoms with E-state index in [1.807, 2.05) is 13.0 Å². The number of benzene rings is 2. The number of hydrogen-bond donors (Lipinski definition) is 2. The SMILES string of the molecule is COc1ccc(C(N)=O)cc1NC(=O)c1cccc(C)c1. The van der Waals surface area contributed by atoms with Crippen LogP contribution in [0.5, 0.6) is 5.75 Å². The molecule has 0 spiro atoms. The molecule has 0 unspecified atom stereocenters. The van der Waals surface area contributed by atoms with Gasteiger partial charge in [0.2, 0.25) is 5.91 Å². The molecular formula is C16H16N2O3. The Kier molecular flexibility index (Phi) is 4.23. The van der Waals surface area contributed by atoms with Gasteiger partial charge in [0.1, 0.15) is 5.75 Å². The summed E-state index contributed by atoms with van der Waals surface area (Å²) in [6, 6.07) is 11.8. The number of carbonyl (C=O) groups is 2. The molecule has 2 rings (SSSR count). The number of primary amides is 1. The lowest BCUT2D eigenvalue weighted by Crippen LogP contribution is -2.15. The van der Waals surface area contributed by atoms with Crippen LogP contribution < -0.4 is 15.8 Å². The molecule has 2 aromatic carbocycles. The van der Waals surface area contributed by atoms with Crippen LogP contribution in [-0.4, -0.2) is 18.9 Å². The fourth-order valence-corrected chi connectivity index (χ4v) is 1.94. The van der Waals surface area contributed by atoms with E-state index in [0.29, 0.717) is 22.6 Å². The van der Waals surface area contributed by atoms with Crippen molar-refractivity contribution in [3.8, 4) is 5.75 Å². The maximum atomic E-state index is 12.2. The van der Waals surface area contributed by atoms with Crippen molar-refractivity contribution in [2.75, 3.05) is 12.4 Å². The Morgan fingerprint density at radius 1 is 1.10 bits per heavy atom. The van der Waals surface area contributed by atoms with Crippen molar-refractivity contribution >= 4 is 17.5 Å². The third-order valence-electron chi connectivity index (χ3n) is 3.01. The number of methoxy groups -OCH3 is 1. The smallest absolute Gasteiger partial charge is 0.255 e. The van der Waals surface area contributed by atoms with Gasteiger partial charge in [-0.1, -0.05) is 17.7 Å². The highest BCUT2D eigenvalue weighted by Crippen LogP contribution is 2.26. The number of amides is 2. The first-order valence-electron chi connectivity index (χ1n) is 6.37. The van der Waals surface area contributed by atoms with E-state index >= 15 is 0 Å². The molecule has 2 aromatic rings. The molecule has 0 radical (unpaired) electrons. The summed E-state index contributed by atoms with van der Waals surface area (Å²) in [5.41, 5.74) is 7.46. The molecule has 0 aliphatic carbocycles. The predicted octanol–water partition coefficient (Wildman–Crippen LogP) is 2.35. The lowest BCUT2D eigenvalue weighted by Gasteiger charge is -2.11. The summed E-state index contributed by atoms with van der Waals surface area (Å²) in [6.07, 6.45) is 0. The molecule has 3 N–H and O–H groups in total. The maximum absolute atomic E-state index is 12.2. The second-order valence-corrected chi connectivity index (χ2v) is 4.60. The largest absolute Gasteiger partial charge is 0.495 e. The number of nitrogens with two attached hydrogens (primary N) is 1. The number of carbonyl (C=O) groups excluding carboxylic acids is 2. The Bertz CT molecular complexity index is 696. The summed E-state index contributed by atoms with van der Waals surface area (Å²) in [4.78, 5) is 23.5. The lowest BCUT2D eigenvalue weighted by molar-refractivity contribution is 0.0996. The van der Waals surface area contributed by atoms with Gasteiger partial charge in [-0.15, -0.1) is 0 Å². The van der Waals surface area contributed by atoms with Gasteiger partial charge in [0.25, 0.3) is 5.91 Å². The zero-order valence-corrected chi connectivity index (χ0v) is 11.8. The molecular weight excluding hydrogens is 268 g/mol. The van der Waals surface area contributed by atoms with E-state index in [0.717, 1.165) is 5.56 Å². The minimum Gasteiger partial charge on any atom is -0.495 e. The Morgan fingerprint density at radius 2 is 1.86 bits per heavy atom.